The Labute approximate surface area is 823 Å². The van der Waals surface area contributed by atoms with E-state index in [2.05, 4.69) is 537 Å². The molecule has 8 aromatic heterocycles. The van der Waals surface area contributed by atoms with Gasteiger partial charge in [0.1, 0.15) is 11.2 Å². The van der Waals surface area contributed by atoms with Crippen LogP contribution in [-0.2, 0) is 5.41 Å². The fourth-order valence-corrected chi connectivity index (χ4v) is 24.1. The third-order valence-corrected chi connectivity index (χ3v) is 30.4. The molecule has 8 heteroatoms. The number of benzene rings is 22. The third-order valence-electron chi connectivity index (χ3n) is 30.4. The van der Waals surface area contributed by atoms with E-state index in [0.717, 1.165) is 33.3 Å². The summed E-state index contributed by atoms with van der Waals surface area (Å²) in [7, 11) is 0. The molecule has 0 bridgehead atoms. The number of furan rings is 1. The lowest BCUT2D eigenvalue weighted by molar-refractivity contribution is 0.660. The maximum Gasteiger partial charge on any atom is 0.136 e. The van der Waals surface area contributed by atoms with Crippen molar-refractivity contribution in [3.8, 4) is 84.3 Å². The average Bonchev–Trinajstić information content (AvgIpc) is 1.57. The lowest BCUT2D eigenvalue weighted by Crippen LogP contribution is -2.14. The van der Waals surface area contributed by atoms with E-state index in [1.165, 1.54) is 237 Å². The van der Waals surface area contributed by atoms with Crippen molar-refractivity contribution in [2.24, 2.45) is 0 Å². The van der Waals surface area contributed by atoms with Crippen LogP contribution in [0.3, 0.4) is 0 Å². The highest BCUT2D eigenvalue weighted by Gasteiger charge is 2.37. The molecule has 22 aromatic carbocycles. The third kappa shape index (κ3) is 12.6. The highest BCUT2D eigenvalue weighted by atomic mass is 16.3. The van der Waals surface area contributed by atoms with Crippen molar-refractivity contribution in [2.75, 3.05) is 0 Å². The first-order valence-electron chi connectivity index (χ1n) is 49.3. The Kier molecular flexibility index (Phi) is 18.3. The van der Waals surface area contributed by atoms with E-state index >= 15 is 0 Å². The van der Waals surface area contributed by atoms with Crippen LogP contribution in [-0.4, -0.2) is 32.0 Å². The Morgan fingerprint density at radius 3 is 0.818 bits per heavy atom. The zero-order chi connectivity index (χ0) is 94.2. The number of para-hydroxylation sites is 12. The zero-order valence-corrected chi connectivity index (χ0v) is 78.5. The quantitative estimate of drug-likeness (QED) is 0.135. The van der Waals surface area contributed by atoms with Gasteiger partial charge in [-0.15, -0.1) is 0 Å². The van der Waals surface area contributed by atoms with Crippen LogP contribution < -0.4 is 0 Å². The number of rotatable bonds is 10. The summed E-state index contributed by atoms with van der Waals surface area (Å²) in [6.45, 7) is 4.70. The van der Waals surface area contributed by atoms with E-state index in [-0.39, 0.29) is 5.41 Å². The van der Waals surface area contributed by atoms with Gasteiger partial charge in [-0.1, -0.05) is 329 Å². The fraction of sp³-hybridized carbons (Fsp3) is 0.0222. The van der Waals surface area contributed by atoms with Crippen molar-refractivity contribution in [3.63, 3.8) is 0 Å². The monoisotopic (exact) mass is 1820 g/mol. The summed E-state index contributed by atoms with van der Waals surface area (Å²) in [5, 5.41) is 19.9. The minimum absolute atomic E-state index is 0.0141. The Morgan fingerprint density at radius 2 is 0.413 bits per heavy atom. The van der Waals surface area contributed by atoms with Crippen LogP contribution in [0.15, 0.2) is 508 Å². The molecule has 0 N–H and O–H groups in total. The van der Waals surface area contributed by atoms with E-state index in [9.17, 15) is 0 Å². The van der Waals surface area contributed by atoms with E-state index in [1.54, 1.807) is 0 Å². The summed E-state index contributed by atoms with van der Waals surface area (Å²) in [6, 6.07) is 183. The molecule has 0 saturated carbocycles. The van der Waals surface area contributed by atoms with Crippen molar-refractivity contribution in [3.05, 3.63) is 515 Å². The van der Waals surface area contributed by atoms with Gasteiger partial charge < -0.3 is 36.4 Å². The van der Waals surface area contributed by atoms with Crippen LogP contribution >= 0.6 is 0 Å². The molecule has 0 amide bonds. The van der Waals surface area contributed by atoms with Gasteiger partial charge in [-0.25, -0.2) is 0 Å². The first kappa shape index (κ1) is 81.4. The zero-order valence-electron chi connectivity index (χ0n) is 78.5. The molecule has 0 spiro atoms. The largest absolute Gasteiger partial charge is 0.456 e. The number of nitrogens with zero attached hydrogens (tertiary/aromatic N) is 7. The lowest BCUT2D eigenvalue weighted by Gasteiger charge is -2.21. The molecule has 0 atom stereocenters. The highest BCUT2D eigenvalue weighted by molar-refractivity contribution is 6.23. The minimum Gasteiger partial charge on any atom is -0.456 e. The van der Waals surface area contributed by atoms with E-state index in [4.69, 9.17) is 4.42 Å². The second-order valence-electron chi connectivity index (χ2n) is 38.5. The van der Waals surface area contributed by atoms with Crippen LogP contribution in [0.1, 0.15) is 25.0 Å². The minimum atomic E-state index is -0.0141. The first-order valence-corrected chi connectivity index (χ1v) is 49.3. The van der Waals surface area contributed by atoms with Gasteiger partial charge in [0.15, 0.2) is 0 Å². The summed E-state index contributed by atoms with van der Waals surface area (Å²) in [6.07, 6.45) is 0. The first-order chi connectivity index (χ1) is 70.7. The Hall–Kier alpha value is -18.8. The van der Waals surface area contributed by atoms with Gasteiger partial charge in [0.05, 0.1) is 77.2 Å². The van der Waals surface area contributed by atoms with Crippen molar-refractivity contribution in [1.82, 2.24) is 32.0 Å². The molecule has 0 radical (unpaired) electrons. The predicted molar refractivity (Wildman–Crippen MR) is 601 cm³/mol. The molecule has 0 aliphatic heterocycles. The molecule has 0 unspecified atom stereocenters. The van der Waals surface area contributed by atoms with Gasteiger partial charge in [-0.05, 0) is 244 Å². The van der Waals surface area contributed by atoms with Gasteiger partial charge in [0, 0.05) is 131 Å². The SMILES string of the molecule is CC1(C)c2ccccc2-c2c(-c3ccc(-n4c5ccccc5c5cc6c(cc54)c4ccccc4n6-c4ccccc4)cc3)cccc21.c1ccc(-n2c3ccccc3c3cc(-c4cccc(-n5c6ccccc6c6cc7c(cc65)c5ccccc5n7-c5ccccc5)c4)ccc32)cc1.c1ccc(-n2c3ccccc3c3cc4c(cc32)c2ccccc2n4-c2ccc(-c3cccc4oc5ccccc5c34)cc2)cc1. The summed E-state index contributed by atoms with van der Waals surface area (Å²) in [4.78, 5) is 0. The smallest absolute Gasteiger partial charge is 0.136 e. The second kappa shape index (κ2) is 32.2. The van der Waals surface area contributed by atoms with Gasteiger partial charge >= 0.3 is 0 Å². The van der Waals surface area contributed by atoms with Crippen molar-refractivity contribution in [1.29, 1.82) is 0 Å². The molecule has 1 aliphatic carbocycles. The van der Waals surface area contributed by atoms with E-state index in [1.807, 2.05) is 12.1 Å². The fourth-order valence-electron chi connectivity index (χ4n) is 24.1. The number of fused-ring (bicyclic) bond motifs is 27. The molecule has 31 rings (SSSR count). The maximum absolute atomic E-state index is 6.18. The van der Waals surface area contributed by atoms with Crippen molar-refractivity contribution >= 4 is 175 Å². The Balaban J connectivity index is 0.000000102. The van der Waals surface area contributed by atoms with Gasteiger partial charge in [0.2, 0.25) is 0 Å². The molecule has 30 aromatic rings. The lowest BCUT2D eigenvalue weighted by atomic mass is 9.82. The second-order valence-corrected chi connectivity index (χ2v) is 38.5. The van der Waals surface area contributed by atoms with Crippen LogP contribution in [0.4, 0.5) is 0 Å². The topological polar surface area (TPSA) is 47.6 Å². The van der Waals surface area contributed by atoms with Crippen LogP contribution in [0.5, 0.6) is 0 Å². The van der Waals surface area contributed by atoms with Crippen LogP contribution in [0.2, 0.25) is 0 Å². The number of aromatic nitrogens is 7. The molecule has 1 aliphatic rings. The Bertz CT molecular complexity index is 10400. The van der Waals surface area contributed by atoms with Gasteiger partial charge in [-0.2, -0.15) is 0 Å². The maximum atomic E-state index is 6.18. The summed E-state index contributed by atoms with van der Waals surface area (Å²) < 4.78 is 23.1. The van der Waals surface area contributed by atoms with E-state index in [0.29, 0.717) is 0 Å². The highest BCUT2D eigenvalue weighted by Crippen LogP contribution is 2.54. The molecule has 670 valence electrons. The number of hydrogen-bond acceptors (Lipinski definition) is 1. The van der Waals surface area contributed by atoms with Crippen LogP contribution in [0.25, 0.3) is 259 Å². The molecular weight excluding hydrogens is 1740 g/mol. The van der Waals surface area contributed by atoms with Crippen LogP contribution in [0, 0.1) is 0 Å². The predicted octanol–water partition coefficient (Wildman–Crippen LogP) is 35.9. The molecule has 8 nitrogen and oxygen atoms in total. The van der Waals surface area contributed by atoms with Crippen molar-refractivity contribution < 1.29 is 4.42 Å². The Morgan fingerprint density at radius 1 is 0.154 bits per heavy atom. The summed E-state index contributed by atoms with van der Waals surface area (Å²) in [5.41, 5.74) is 39.8. The summed E-state index contributed by atoms with van der Waals surface area (Å²) in [5.74, 6) is 0. The van der Waals surface area contributed by atoms with E-state index < -0.39 is 0 Å². The number of hydrogen-bond donors (Lipinski definition) is 0. The summed E-state index contributed by atoms with van der Waals surface area (Å²) >= 11 is 0. The normalized spacial score (nSPS) is 12.5. The average molecular weight is 1830 g/mol. The van der Waals surface area contributed by atoms with Crippen molar-refractivity contribution in [2.45, 2.75) is 19.3 Å². The van der Waals surface area contributed by atoms with Gasteiger partial charge in [-0.3, -0.25) is 0 Å². The molecule has 0 fully saturated rings. The van der Waals surface area contributed by atoms with Gasteiger partial charge in [0.25, 0.3) is 0 Å². The molecule has 8 heterocycles. The molecule has 0 saturated heterocycles. The molecular formula is C135H89N7O. The molecule has 143 heavy (non-hydrogen) atoms. The standard InChI is InChI=1S/C48H31N3.C45H32N2.C42H26N2O/c1-3-15-34(16-4-1)49-43-23-10-7-20-37(43)40-29-33(26-27-46(40)49)32-14-13-19-36(28-32)51-45-25-12-9-22-39(45)42-30-47-41(31-48(42)51)38-21-8-11-24-44(38)50(47)35-17-5-2-6-18-35;1-45(2)38-19-9-6-17-35(38)44-32(18-12-20-39(44)45)29-23-25-31(26-24-29)47-41-22-11-8-16-34(41)37-27-42-36(28-43(37)47)33-15-7-10-21-40(33)46(42)30-13-4-3-5-14-30;1-2-11-28(12-3-1)43-36-17-7-4-13-31(36)34-26-39-35(25-38(34)43)32-14-5-8-18-37(32)44(39)29-23-21-27(22-24-29)30-16-10-20-41-42(30)33-15-6-9-19-40(33)45-41/h1-31H;3-28H,1-2H3;1-26H.